The number of aromatic carboxylic acids is 1. The Morgan fingerprint density at radius 1 is 1.29 bits per heavy atom. The molecule has 114 valence electrons. The van der Waals surface area contributed by atoms with Crippen LogP contribution in [0.3, 0.4) is 0 Å². The van der Waals surface area contributed by atoms with Gasteiger partial charge in [-0.1, -0.05) is 18.9 Å². The second-order valence-electron chi connectivity index (χ2n) is 5.20. The first-order chi connectivity index (χ1) is 10.1. The van der Waals surface area contributed by atoms with Gasteiger partial charge in [0.25, 0.3) is 0 Å². The third kappa shape index (κ3) is 3.79. The van der Waals surface area contributed by atoms with Crippen LogP contribution in [0.25, 0.3) is 11.0 Å². The van der Waals surface area contributed by atoms with Crippen LogP contribution in [0.2, 0.25) is 0 Å². The Morgan fingerprint density at radius 3 is 2.76 bits per heavy atom. The van der Waals surface area contributed by atoms with Gasteiger partial charge in [0.15, 0.2) is 0 Å². The lowest BCUT2D eigenvalue weighted by molar-refractivity contribution is 0.0699. The van der Waals surface area contributed by atoms with Gasteiger partial charge in [-0.25, -0.2) is 9.78 Å². The maximum Gasteiger partial charge on any atom is 0.337 e. The van der Waals surface area contributed by atoms with E-state index in [-0.39, 0.29) is 5.56 Å². The summed E-state index contributed by atoms with van der Waals surface area (Å²) >= 11 is 1.90. The summed E-state index contributed by atoms with van der Waals surface area (Å²) in [6.45, 7) is 2.85. The maximum atomic E-state index is 11.2. The van der Waals surface area contributed by atoms with E-state index in [4.69, 9.17) is 0 Å². The third-order valence-corrected chi connectivity index (χ3v) is 4.38. The number of thioether (sulfide) groups is 1. The number of carbonyl (C=O) groups is 1. The fourth-order valence-electron chi connectivity index (χ4n) is 2.59. The van der Waals surface area contributed by atoms with Crippen LogP contribution in [-0.2, 0) is 6.54 Å². The minimum atomic E-state index is -0.915. The van der Waals surface area contributed by atoms with Gasteiger partial charge >= 0.3 is 5.97 Å². The zero-order valence-electron chi connectivity index (χ0n) is 12.6. The number of carboxylic acid groups (broad SMARTS) is 1. The zero-order chi connectivity index (χ0) is 15.2. The highest BCUT2D eigenvalue weighted by Crippen LogP contribution is 2.21. The van der Waals surface area contributed by atoms with Crippen molar-refractivity contribution in [1.82, 2.24) is 9.55 Å². The number of unbranched alkanes of at least 4 members (excludes halogenated alkanes) is 3. The molecule has 21 heavy (non-hydrogen) atoms. The van der Waals surface area contributed by atoms with Crippen molar-refractivity contribution in [3.63, 3.8) is 0 Å². The number of rotatable bonds is 8. The van der Waals surface area contributed by atoms with Crippen LogP contribution in [0, 0.1) is 6.92 Å². The van der Waals surface area contributed by atoms with Crippen molar-refractivity contribution in [2.45, 2.75) is 39.2 Å². The van der Waals surface area contributed by atoms with E-state index in [1.807, 2.05) is 24.8 Å². The first-order valence-corrected chi connectivity index (χ1v) is 8.72. The lowest BCUT2D eigenvalue weighted by Crippen LogP contribution is -2.01. The Morgan fingerprint density at radius 2 is 2.05 bits per heavy atom. The molecule has 0 fully saturated rings. The fraction of sp³-hybridized carbons (Fsp3) is 0.500. The fourth-order valence-corrected chi connectivity index (χ4v) is 3.08. The molecule has 1 N–H and O–H groups in total. The number of aryl methyl sites for hydroxylation is 2. The number of para-hydroxylation sites is 1. The van der Waals surface area contributed by atoms with Crippen LogP contribution >= 0.6 is 11.8 Å². The predicted octanol–water partition coefficient (Wildman–Crippen LogP) is 3.97. The van der Waals surface area contributed by atoms with E-state index in [9.17, 15) is 9.90 Å². The van der Waals surface area contributed by atoms with Crippen molar-refractivity contribution in [3.05, 3.63) is 29.6 Å². The van der Waals surface area contributed by atoms with Crippen molar-refractivity contribution >= 4 is 28.8 Å². The van der Waals surface area contributed by atoms with E-state index in [2.05, 4.69) is 15.8 Å². The molecule has 0 saturated carbocycles. The van der Waals surface area contributed by atoms with Crippen LogP contribution in [0.15, 0.2) is 18.2 Å². The summed E-state index contributed by atoms with van der Waals surface area (Å²) in [6, 6.07) is 5.36. The number of aromatic nitrogens is 2. The van der Waals surface area contributed by atoms with Crippen LogP contribution in [0.5, 0.6) is 0 Å². The van der Waals surface area contributed by atoms with Crippen molar-refractivity contribution in [2.24, 2.45) is 0 Å². The van der Waals surface area contributed by atoms with Gasteiger partial charge in [0.05, 0.1) is 11.1 Å². The first kappa shape index (κ1) is 15.9. The molecule has 0 atom stereocenters. The SMILES string of the molecule is CSCCCCCCn1c(C)nc2c(C(=O)O)cccc21. The number of hydrogen-bond donors (Lipinski definition) is 1. The molecule has 2 rings (SSSR count). The van der Waals surface area contributed by atoms with Gasteiger partial charge in [-0.05, 0) is 43.9 Å². The molecule has 4 nitrogen and oxygen atoms in total. The molecular weight excluding hydrogens is 284 g/mol. The van der Waals surface area contributed by atoms with Crippen LogP contribution < -0.4 is 0 Å². The van der Waals surface area contributed by atoms with Gasteiger partial charge < -0.3 is 9.67 Å². The highest BCUT2D eigenvalue weighted by Gasteiger charge is 2.14. The number of nitrogens with zero attached hydrogens (tertiary/aromatic N) is 2. The molecule has 0 saturated heterocycles. The average molecular weight is 306 g/mol. The van der Waals surface area contributed by atoms with Crippen molar-refractivity contribution in [1.29, 1.82) is 0 Å². The Hall–Kier alpha value is -1.49. The Bertz CT molecular complexity index is 622. The molecule has 0 radical (unpaired) electrons. The van der Waals surface area contributed by atoms with Crippen LogP contribution in [-0.4, -0.2) is 32.6 Å². The minimum Gasteiger partial charge on any atom is -0.478 e. The van der Waals surface area contributed by atoms with Crippen molar-refractivity contribution in [2.75, 3.05) is 12.0 Å². The second-order valence-corrected chi connectivity index (χ2v) is 6.18. The van der Waals surface area contributed by atoms with Gasteiger partial charge in [0, 0.05) is 6.54 Å². The van der Waals surface area contributed by atoms with Gasteiger partial charge in [0.1, 0.15) is 11.3 Å². The van der Waals surface area contributed by atoms with Gasteiger partial charge in [-0.2, -0.15) is 11.8 Å². The number of imidazole rings is 1. The van der Waals surface area contributed by atoms with E-state index < -0.39 is 5.97 Å². The standard InChI is InChI=1S/C16H22N2O2S/c1-12-17-15-13(16(19)20)8-7-9-14(15)18(12)10-5-3-4-6-11-21-2/h7-9H,3-6,10-11H2,1-2H3,(H,19,20). The quantitative estimate of drug-likeness (QED) is 0.750. The van der Waals surface area contributed by atoms with E-state index in [0.717, 1.165) is 24.3 Å². The molecule has 2 aromatic rings. The average Bonchev–Trinajstić information content (AvgIpc) is 2.78. The topological polar surface area (TPSA) is 55.1 Å². The molecule has 1 aromatic heterocycles. The Labute approximate surface area is 129 Å². The monoisotopic (exact) mass is 306 g/mol. The summed E-state index contributed by atoms with van der Waals surface area (Å²) < 4.78 is 2.14. The second kappa shape index (κ2) is 7.50. The highest BCUT2D eigenvalue weighted by molar-refractivity contribution is 7.98. The van der Waals surface area contributed by atoms with Crippen LogP contribution in [0.1, 0.15) is 41.9 Å². The summed E-state index contributed by atoms with van der Waals surface area (Å²) in [7, 11) is 0. The molecule has 0 aliphatic carbocycles. The Kier molecular flexibility index (Phi) is 5.67. The summed E-state index contributed by atoms with van der Waals surface area (Å²) in [4.78, 5) is 15.7. The van der Waals surface area contributed by atoms with Crippen molar-refractivity contribution < 1.29 is 9.90 Å². The first-order valence-electron chi connectivity index (χ1n) is 7.33. The summed E-state index contributed by atoms with van der Waals surface area (Å²) in [6.07, 6.45) is 6.98. The lowest BCUT2D eigenvalue weighted by atomic mass is 10.2. The predicted molar refractivity (Wildman–Crippen MR) is 88.3 cm³/mol. The van der Waals surface area contributed by atoms with Gasteiger partial charge in [0.2, 0.25) is 0 Å². The Balaban J connectivity index is 2.08. The summed E-state index contributed by atoms with van der Waals surface area (Å²) in [5.74, 6) is 1.21. The summed E-state index contributed by atoms with van der Waals surface area (Å²) in [5.41, 5.74) is 1.82. The van der Waals surface area contributed by atoms with Gasteiger partial charge in [-0.3, -0.25) is 0 Å². The van der Waals surface area contributed by atoms with E-state index >= 15 is 0 Å². The van der Waals surface area contributed by atoms with E-state index in [1.54, 1.807) is 12.1 Å². The molecule has 0 amide bonds. The maximum absolute atomic E-state index is 11.2. The van der Waals surface area contributed by atoms with Crippen molar-refractivity contribution in [3.8, 4) is 0 Å². The molecule has 0 unspecified atom stereocenters. The van der Waals surface area contributed by atoms with E-state index in [0.29, 0.717) is 5.52 Å². The third-order valence-electron chi connectivity index (χ3n) is 3.68. The largest absolute Gasteiger partial charge is 0.478 e. The molecule has 5 heteroatoms. The zero-order valence-corrected chi connectivity index (χ0v) is 13.4. The molecule has 1 aromatic carbocycles. The van der Waals surface area contributed by atoms with Gasteiger partial charge in [-0.15, -0.1) is 0 Å². The molecule has 0 bridgehead atoms. The van der Waals surface area contributed by atoms with E-state index in [1.165, 1.54) is 25.0 Å². The molecule has 0 aliphatic rings. The summed E-state index contributed by atoms with van der Waals surface area (Å²) in [5, 5.41) is 9.23. The molecule has 0 spiro atoms. The number of hydrogen-bond acceptors (Lipinski definition) is 3. The smallest absolute Gasteiger partial charge is 0.337 e. The number of benzene rings is 1. The lowest BCUT2D eigenvalue weighted by Gasteiger charge is -2.07. The number of carboxylic acids is 1. The molecular formula is C16H22N2O2S. The van der Waals surface area contributed by atoms with Crippen LogP contribution in [0.4, 0.5) is 0 Å². The molecule has 1 heterocycles. The normalized spacial score (nSPS) is 11.1. The number of fused-ring (bicyclic) bond motifs is 1. The molecule has 0 aliphatic heterocycles. The minimum absolute atomic E-state index is 0.286. The highest BCUT2D eigenvalue weighted by atomic mass is 32.2.